The van der Waals surface area contributed by atoms with Gasteiger partial charge in [-0.2, -0.15) is 0 Å². The quantitative estimate of drug-likeness (QED) is 0.139. The molecule has 114 valence electrons. The fourth-order valence-corrected chi connectivity index (χ4v) is 2.23. The third kappa shape index (κ3) is 5.20. The summed E-state index contributed by atoms with van der Waals surface area (Å²) in [5, 5.41) is 8.74. The topological polar surface area (TPSA) is 128 Å². The van der Waals surface area contributed by atoms with E-state index in [0.717, 1.165) is 12.7 Å². The van der Waals surface area contributed by atoms with E-state index >= 15 is 0 Å². The number of nitrogens with zero attached hydrogens (tertiary/aromatic N) is 2. The van der Waals surface area contributed by atoms with E-state index in [1.807, 2.05) is 30.3 Å². The SMILES string of the molecule is COOP(=O)(OOCCc1ccccc1)C(=[N+]=[N-])C(=O)O. The van der Waals surface area contributed by atoms with Gasteiger partial charge in [-0.25, -0.2) is 19.1 Å². The molecule has 1 aromatic rings. The van der Waals surface area contributed by atoms with Gasteiger partial charge in [0.25, 0.3) is 0 Å². The lowest BCUT2D eigenvalue weighted by atomic mass is 10.2. The highest BCUT2D eigenvalue weighted by Crippen LogP contribution is 2.49. The number of rotatable bonds is 9. The first-order valence-corrected chi connectivity index (χ1v) is 7.21. The molecule has 0 aliphatic heterocycles. The highest BCUT2D eigenvalue weighted by Gasteiger charge is 2.49. The second kappa shape index (κ2) is 8.43. The molecule has 9 nitrogen and oxygen atoms in total. The van der Waals surface area contributed by atoms with Crippen LogP contribution in [-0.4, -0.2) is 35.0 Å². The zero-order valence-electron chi connectivity index (χ0n) is 11.0. The van der Waals surface area contributed by atoms with Crippen molar-refractivity contribution in [2.45, 2.75) is 6.42 Å². The minimum Gasteiger partial charge on any atom is -0.472 e. The Morgan fingerprint density at radius 3 is 2.52 bits per heavy atom. The van der Waals surface area contributed by atoms with Crippen molar-refractivity contribution >= 4 is 19.0 Å². The van der Waals surface area contributed by atoms with Gasteiger partial charge >= 0.3 is 19.0 Å². The minimum absolute atomic E-state index is 0.0284. The summed E-state index contributed by atoms with van der Waals surface area (Å²) >= 11 is 0. The summed E-state index contributed by atoms with van der Waals surface area (Å²) in [7, 11) is -3.57. The monoisotopic (exact) mass is 316 g/mol. The van der Waals surface area contributed by atoms with Crippen LogP contribution >= 0.6 is 7.60 Å². The molecule has 1 N–H and O–H groups in total. The molecule has 10 heteroatoms. The van der Waals surface area contributed by atoms with Crippen molar-refractivity contribution in [3.05, 3.63) is 41.4 Å². The molecule has 0 aliphatic rings. The first-order valence-electron chi connectivity index (χ1n) is 5.67. The molecule has 0 aromatic heterocycles. The van der Waals surface area contributed by atoms with Crippen LogP contribution in [0.2, 0.25) is 0 Å². The average molecular weight is 316 g/mol. The van der Waals surface area contributed by atoms with E-state index in [2.05, 4.69) is 23.9 Å². The van der Waals surface area contributed by atoms with E-state index < -0.39 is 19.0 Å². The molecule has 0 fully saturated rings. The van der Waals surface area contributed by atoms with E-state index in [1.165, 1.54) is 0 Å². The van der Waals surface area contributed by atoms with E-state index in [-0.39, 0.29) is 6.61 Å². The van der Waals surface area contributed by atoms with Crippen molar-refractivity contribution in [1.29, 1.82) is 0 Å². The van der Waals surface area contributed by atoms with Gasteiger partial charge in [0, 0.05) is 0 Å². The van der Waals surface area contributed by atoms with Crippen molar-refractivity contribution in [3.8, 4) is 0 Å². The highest BCUT2D eigenvalue weighted by molar-refractivity contribution is 7.74. The number of benzene rings is 1. The number of hydrogen-bond donors (Lipinski definition) is 1. The molecule has 1 unspecified atom stereocenters. The summed E-state index contributed by atoms with van der Waals surface area (Å²) in [6, 6.07) is 9.18. The van der Waals surface area contributed by atoms with Gasteiger partial charge in [0.15, 0.2) is 0 Å². The number of carboxylic acid groups (broad SMARTS) is 1. The van der Waals surface area contributed by atoms with E-state index in [1.54, 1.807) is 0 Å². The molecule has 0 saturated carbocycles. The predicted octanol–water partition coefficient (Wildman–Crippen LogP) is 1.66. The number of carbonyl (C=O) groups is 1. The Bertz CT molecular complexity index is 571. The van der Waals surface area contributed by atoms with Gasteiger partial charge in [0.05, 0.1) is 13.7 Å². The van der Waals surface area contributed by atoms with Crippen LogP contribution in [0.25, 0.3) is 5.53 Å². The zero-order valence-corrected chi connectivity index (χ0v) is 11.9. The van der Waals surface area contributed by atoms with Gasteiger partial charge in [0.2, 0.25) is 0 Å². The maximum atomic E-state index is 12.0. The van der Waals surface area contributed by atoms with Crippen LogP contribution in [0.1, 0.15) is 5.56 Å². The largest absolute Gasteiger partial charge is 0.504 e. The van der Waals surface area contributed by atoms with Crippen molar-refractivity contribution in [1.82, 2.24) is 0 Å². The second-order valence-corrected chi connectivity index (χ2v) is 5.32. The second-order valence-electron chi connectivity index (χ2n) is 3.60. The Morgan fingerprint density at radius 1 is 1.33 bits per heavy atom. The predicted molar refractivity (Wildman–Crippen MR) is 69.1 cm³/mol. The lowest BCUT2D eigenvalue weighted by molar-refractivity contribution is -0.253. The smallest absolute Gasteiger partial charge is 0.472 e. The third-order valence-corrected chi connectivity index (χ3v) is 3.63. The van der Waals surface area contributed by atoms with Crippen LogP contribution in [0.15, 0.2) is 30.3 Å². The van der Waals surface area contributed by atoms with Crippen molar-refractivity contribution in [2.24, 2.45) is 0 Å². The molecule has 0 bridgehead atoms. The fraction of sp³-hybridized carbons (Fsp3) is 0.273. The molecule has 0 saturated heterocycles. The minimum atomic E-state index is -4.55. The van der Waals surface area contributed by atoms with Crippen LogP contribution in [0.5, 0.6) is 0 Å². The summed E-state index contributed by atoms with van der Waals surface area (Å²) in [6.07, 6.45) is 0.423. The maximum absolute atomic E-state index is 12.0. The van der Waals surface area contributed by atoms with Crippen LogP contribution in [-0.2, 0) is 34.9 Å². The molecular weight excluding hydrogens is 303 g/mol. The van der Waals surface area contributed by atoms with Gasteiger partial charge in [-0.15, -0.1) is 14.1 Å². The number of hydrogen-bond acceptors (Lipinski definition) is 6. The molecule has 1 rings (SSSR count). The Morgan fingerprint density at radius 2 is 2.00 bits per heavy atom. The lowest BCUT2D eigenvalue weighted by Crippen LogP contribution is -2.18. The molecular formula is C11H13N2O7P. The number of carboxylic acids is 1. The molecule has 1 atom stereocenters. The van der Waals surface area contributed by atoms with Crippen molar-refractivity contribution in [2.75, 3.05) is 13.7 Å². The van der Waals surface area contributed by atoms with Crippen LogP contribution in [0.4, 0.5) is 0 Å². The van der Waals surface area contributed by atoms with Gasteiger partial charge in [-0.1, -0.05) is 30.3 Å². The Balaban J connectivity index is 2.61. The zero-order chi connectivity index (χ0) is 15.7. The standard InChI is InChI=1S/C11H13N2O7P/c1-17-19-21(16,10(13-12)11(14)15)20-18-8-7-9-5-3-2-4-6-9/h2-6H,7-8H2,1H3,(H,14,15). The Labute approximate surface area is 120 Å². The fourth-order valence-electron chi connectivity index (χ4n) is 1.31. The van der Waals surface area contributed by atoms with Gasteiger partial charge < -0.3 is 10.6 Å². The van der Waals surface area contributed by atoms with Crippen LogP contribution in [0, 0.1) is 0 Å². The first kappa shape index (κ1) is 17.2. The first-order chi connectivity index (χ1) is 10.0. The van der Waals surface area contributed by atoms with Gasteiger partial charge in [-0.3, -0.25) is 0 Å². The summed E-state index contributed by atoms with van der Waals surface area (Å²) < 4.78 is 20.7. The number of aliphatic carboxylic acids is 1. The normalized spacial score (nSPS) is 13.2. The molecule has 0 heterocycles. The van der Waals surface area contributed by atoms with Gasteiger partial charge in [-0.05, 0) is 12.0 Å². The summed E-state index contributed by atoms with van der Waals surface area (Å²) in [6.45, 7) is -0.0284. The molecule has 1 aromatic carbocycles. The van der Waals surface area contributed by atoms with Crippen LogP contribution < -0.4 is 0 Å². The average Bonchev–Trinajstić information content (AvgIpc) is 2.45. The Kier molecular flexibility index (Phi) is 6.90. The van der Waals surface area contributed by atoms with E-state index in [9.17, 15) is 9.36 Å². The maximum Gasteiger partial charge on any atom is 0.504 e. The van der Waals surface area contributed by atoms with E-state index in [0.29, 0.717) is 6.42 Å². The highest BCUT2D eigenvalue weighted by atomic mass is 31.2. The molecule has 0 amide bonds. The lowest BCUT2D eigenvalue weighted by Gasteiger charge is -2.09. The molecule has 0 spiro atoms. The molecule has 0 aliphatic carbocycles. The summed E-state index contributed by atoms with van der Waals surface area (Å²) in [5.74, 6) is -1.80. The summed E-state index contributed by atoms with van der Waals surface area (Å²) in [4.78, 5) is 21.9. The summed E-state index contributed by atoms with van der Waals surface area (Å²) in [5.41, 5.74) is 8.23. The van der Waals surface area contributed by atoms with Crippen LogP contribution in [0.3, 0.4) is 0 Å². The Hall–Kier alpha value is -1.86. The van der Waals surface area contributed by atoms with E-state index in [4.69, 9.17) is 10.6 Å². The van der Waals surface area contributed by atoms with Crippen molar-refractivity contribution < 1.29 is 38.4 Å². The molecule has 0 radical (unpaired) electrons. The van der Waals surface area contributed by atoms with Gasteiger partial charge in [0.1, 0.15) is 0 Å². The molecule has 21 heavy (non-hydrogen) atoms. The van der Waals surface area contributed by atoms with Crippen molar-refractivity contribution in [3.63, 3.8) is 0 Å². The third-order valence-electron chi connectivity index (χ3n) is 2.19.